The van der Waals surface area contributed by atoms with E-state index in [1.54, 1.807) is 0 Å². The van der Waals surface area contributed by atoms with Crippen molar-refractivity contribution in [1.29, 1.82) is 0 Å². The Morgan fingerprint density at radius 1 is 1.46 bits per heavy atom. The van der Waals surface area contributed by atoms with E-state index in [-0.39, 0.29) is 5.41 Å². The van der Waals surface area contributed by atoms with Gasteiger partial charge in [-0.25, -0.2) is 8.42 Å². The minimum absolute atomic E-state index is 0.240. The van der Waals surface area contributed by atoms with E-state index in [1.807, 2.05) is 0 Å². The predicted molar refractivity (Wildman–Crippen MR) is 52.4 cm³/mol. The first-order valence-corrected chi connectivity index (χ1v) is 6.75. The summed E-state index contributed by atoms with van der Waals surface area (Å²) in [5.41, 5.74) is 0.240. The Bertz CT molecular complexity index is 291. The summed E-state index contributed by atoms with van der Waals surface area (Å²) in [4.78, 5) is 0. The molecular formula is C9H17NO2S. The number of sulfone groups is 1. The topological polar surface area (TPSA) is 46.2 Å². The van der Waals surface area contributed by atoms with Crippen molar-refractivity contribution in [2.24, 2.45) is 11.3 Å². The highest BCUT2D eigenvalue weighted by Gasteiger charge is 2.42. The highest BCUT2D eigenvalue weighted by Crippen LogP contribution is 2.39. The van der Waals surface area contributed by atoms with Gasteiger partial charge in [0.05, 0.1) is 11.5 Å². The summed E-state index contributed by atoms with van der Waals surface area (Å²) in [5.74, 6) is 1.23. The molecule has 2 rings (SSSR count). The highest BCUT2D eigenvalue weighted by atomic mass is 32.2. The van der Waals surface area contributed by atoms with Crippen LogP contribution < -0.4 is 5.32 Å². The monoisotopic (exact) mass is 203 g/mol. The molecule has 76 valence electrons. The lowest BCUT2D eigenvalue weighted by Gasteiger charge is -2.29. The molecule has 2 aliphatic heterocycles. The molecule has 2 unspecified atom stereocenters. The summed E-state index contributed by atoms with van der Waals surface area (Å²) in [7, 11) is -2.70. The van der Waals surface area contributed by atoms with Crippen LogP contribution in [0.4, 0.5) is 0 Å². The van der Waals surface area contributed by atoms with Crippen LogP contribution in [-0.2, 0) is 9.84 Å². The van der Waals surface area contributed by atoms with Crippen LogP contribution in [0.5, 0.6) is 0 Å². The minimum atomic E-state index is -2.70. The molecule has 0 spiro atoms. The van der Waals surface area contributed by atoms with E-state index in [9.17, 15) is 8.42 Å². The van der Waals surface area contributed by atoms with E-state index in [2.05, 4.69) is 12.2 Å². The summed E-state index contributed by atoms with van der Waals surface area (Å²) in [6, 6.07) is 0. The maximum absolute atomic E-state index is 11.3. The average Bonchev–Trinajstić information content (AvgIpc) is 2.58. The van der Waals surface area contributed by atoms with Crippen molar-refractivity contribution >= 4 is 9.84 Å². The van der Waals surface area contributed by atoms with Gasteiger partial charge in [0.15, 0.2) is 9.84 Å². The number of nitrogens with one attached hydrogen (secondary N) is 1. The van der Waals surface area contributed by atoms with Gasteiger partial charge in [0.2, 0.25) is 0 Å². The summed E-state index contributed by atoms with van der Waals surface area (Å²) >= 11 is 0. The molecule has 2 atom stereocenters. The Morgan fingerprint density at radius 2 is 2.23 bits per heavy atom. The van der Waals surface area contributed by atoms with E-state index >= 15 is 0 Å². The zero-order valence-electron chi connectivity index (χ0n) is 8.04. The van der Waals surface area contributed by atoms with E-state index < -0.39 is 9.84 Å². The lowest BCUT2D eigenvalue weighted by atomic mass is 9.76. The van der Waals surface area contributed by atoms with Crippen LogP contribution in [0.1, 0.15) is 19.8 Å². The lowest BCUT2D eigenvalue weighted by molar-refractivity contribution is 0.236. The van der Waals surface area contributed by atoms with Crippen molar-refractivity contribution in [2.45, 2.75) is 19.8 Å². The second-order valence-corrected chi connectivity index (χ2v) is 6.91. The molecule has 2 aliphatic rings. The SMILES string of the molecule is CC1(C2CCS(=O)(=O)C2)CCNC1. The van der Waals surface area contributed by atoms with Gasteiger partial charge in [-0.1, -0.05) is 6.92 Å². The molecule has 0 aromatic rings. The number of hydrogen-bond acceptors (Lipinski definition) is 3. The molecule has 0 amide bonds. The van der Waals surface area contributed by atoms with Crippen molar-refractivity contribution in [3.05, 3.63) is 0 Å². The summed E-state index contributed by atoms with van der Waals surface area (Å²) < 4.78 is 22.6. The highest BCUT2D eigenvalue weighted by molar-refractivity contribution is 7.91. The van der Waals surface area contributed by atoms with Crippen LogP contribution in [0.3, 0.4) is 0 Å². The molecule has 0 aromatic heterocycles. The van der Waals surface area contributed by atoms with Crippen LogP contribution >= 0.6 is 0 Å². The van der Waals surface area contributed by atoms with Crippen molar-refractivity contribution < 1.29 is 8.42 Å². The molecule has 3 nitrogen and oxygen atoms in total. The molecule has 1 N–H and O–H groups in total. The first kappa shape index (κ1) is 9.46. The first-order chi connectivity index (χ1) is 6.02. The molecule has 0 aromatic carbocycles. The molecule has 0 aliphatic carbocycles. The quantitative estimate of drug-likeness (QED) is 0.672. The Hall–Kier alpha value is -0.0900. The fraction of sp³-hybridized carbons (Fsp3) is 1.00. The Kier molecular flexibility index (Phi) is 2.15. The van der Waals surface area contributed by atoms with E-state index in [0.29, 0.717) is 17.4 Å². The molecule has 2 saturated heterocycles. The van der Waals surface area contributed by atoms with Crippen molar-refractivity contribution in [1.82, 2.24) is 5.32 Å². The molecule has 0 bridgehead atoms. The van der Waals surface area contributed by atoms with Crippen LogP contribution in [0.25, 0.3) is 0 Å². The largest absolute Gasteiger partial charge is 0.316 e. The third-order valence-corrected chi connectivity index (χ3v) is 5.39. The zero-order valence-corrected chi connectivity index (χ0v) is 8.86. The maximum Gasteiger partial charge on any atom is 0.150 e. The van der Waals surface area contributed by atoms with Gasteiger partial charge in [-0.2, -0.15) is 0 Å². The standard InChI is InChI=1S/C9H17NO2S/c1-9(3-4-10-7-9)8-2-5-13(11,12)6-8/h8,10H,2-7H2,1H3. The van der Waals surface area contributed by atoms with Crippen LogP contribution in [0.2, 0.25) is 0 Å². The smallest absolute Gasteiger partial charge is 0.150 e. The van der Waals surface area contributed by atoms with Crippen LogP contribution in [-0.4, -0.2) is 33.0 Å². The van der Waals surface area contributed by atoms with Crippen molar-refractivity contribution in [3.63, 3.8) is 0 Å². The number of rotatable bonds is 1. The molecule has 2 fully saturated rings. The third-order valence-electron chi connectivity index (χ3n) is 3.62. The molecule has 0 radical (unpaired) electrons. The first-order valence-electron chi connectivity index (χ1n) is 4.93. The van der Waals surface area contributed by atoms with E-state index in [4.69, 9.17) is 0 Å². The average molecular weight is 203 g/mol. The summed E-state index contributed by atoms with van der Waals surface area (Å²) in [5, 5.41) is 3.32. The van der Waals surface area contributed by atoms with Crippen LogP contribution in [0.15, 0.2) is 0 Å². The van der Waals surface area contributed by atoms with Gasteiger partial charge in [-0.15, -0.1) is 0 Å². The molecular weight excluding hydrogens is 186 g/mol. The fourth-order valence-electron chi connectivity index (χ4n) is 2.53. The molecule has 2 heterocycles. The van der Waals surface area contributed by atoms with Gasteiger partial charge in [-0.3, -0.25) is 0 Å². The van der Waals surface area contributed by atoms with Gasteiger partial charge >= 0.3 is 0 Å². The predicted octanol–water partition coefficient (Wildman–Crippen LogP) is 0.421. The maximum atomic E-state index is 11.3. The van der Waals surface area contributed by atoms with Crippen LogP contribution in [0, 0.1) is 11.3 Å². The van der Waals surface area contributed by atoms with Gasteiger partial charge in [-0.05, 0) is 30.7 Å². The molecule has 0 saturated carbocycles. The second-order valence-electron chi connectivity index (χ2n) is 4.68. The number of hydrogen-bond donors (Lipinski definition) is 1. The third kappa shape index (κ3) is 1.74. The second kappa shape index (κ2) is 2.95. The van der Waals surface area contributed by atoms with Gasteiger partial charge in [0.1, 0.15) is 0 Å². The molecule has 4 heteroatoms. The van der Waals surface area contributed by atoms with E-state index in [0.717, 1.165) is 25.9 Å². The minimum Gasteiger partial charge on any atom is -0.316 e. The van der Waals surface area contributed by atoms with E-state index in [1.165, 1.54) is 0 Å². The summed E-state index contributed by atoms with van der Waals surface area (Å²) in [6.07, 6.45) is 2.01. The van der Waals surface area contributed by atoms with Gasteiger partial charge in [0, 0.05) is 6.54 Å². The fourth-order valence-corrected chi connectivity index (χ4v) is 4.52. The van der Waals surface area contributed by atoms with Crippen molar-refractivity contribution in [3.8, 4) is 0 Å². The lowest BCUT2D eigenvalue weighted by Crippen LogP contribution is -2.30. The molecule has 13 heavy (non-hydrogen) atoms. The Balaban J connectivity index is 2.11. The Labute approximate surface area is 79.8 Å². The van der Waals surface area contributed by atoms with Crippen molar-refractivity contribution in [2.75, 3.05) is 24.6 Å². The van der Waals surface area contributed by atoms with Gasteiger partial charge in [0.25, 0.3) is 0 Å². The Morgan fingerprint density at radius 3 is 2.69 bits per heavy atom. The summed E-state index contributed by atoms with van der Waals surface area (Å²) in [6.45, 7) is 4.26. The normalized spacial score (nSPS) is 43.9. The van der Waals surface area contributed by atoms with Gasteiger partial charge < -0.3 is 5.32 Å². The zero-order chi connectivity index (χ0) is 9.53.